The lowest BCUT2D eigenvalue weighted by Crippen LogP contribution is -2.35. The highest BCUT2D eigenvalue weighted by Gasteiger charge is 2.36. The predicted octanol–water partition coefficient (Wildman–Crippen LogP) is 3.91. The summed E-state index contributed by atoms with van der Waals surface area (Å²) >= 11 is 1.37. The van der Waals surface area contributed by atoms with Crippen molar-refractivity contribution in [1.82, 2.24) is 4.98 Å². The van der Waals surface area contributed by atoms with E-state index in [1.807, 2.05) is 37.3 Å². The summed E-state index contributed by atoms with van der Waals surface area (Å²) in [6, 6.07) is 16.4. The summed E-state index contributed by atoms with van der Waals surface area (Å²) in [4.78, 5) is 17.3. The number of para-hydroxylation sites is 1. The zero-order chi connectivity index (χ0) is 19.5. The van der Waals surface area contributed by atoms with Gasteiger partial charge in [-0.1, -0.05) is 47.7 Å². The number of anilines is 2. The molecule has 0 bridgehead atoms. The van der Waals surface area contributed by atoms with Gasteiger partial charge in [0.2, 0.25) is 5.91 Å². The molecule has 6 nitrogen and oxygen atoms in total. The van der Waals surface area contributed by atoms with Crippen LogP contribution >= 0.6 is 11.3 Å². The van der Waals surface area contributed by atoms with Crippen LogP contribution in [0.3, 0.4) is 0 Å². The second kappa shape index (κ2) is 6.02. The number of fused-ring (bicyclic) bond motifs is 1. The number of nitrogens with zero attached hydrogens (tertiary/aromatic N) is 2. The number of aromatic nitrogens is 1. The maximum atomic E-state index is 13.0. The zero-order valence-corrected chi connectivity index (χ0v) is 16.5. The molecule has 0 unspecified atom stereocenters. The number of sulfonamides is 1. The summed E-state index contributed by atoms with van der Waals surface area (Å²) in [6.45, 7) is 1.66. The van der Waals surface area contributed by atoms with Crippen LogP contribution in [0.5, 0.6) is 0 Å². The fraction of sp³-hybridized carbons (Fsp3) is 0.100. The van der Waals surface area contributed by atoms with E-state index in [2.05, 4.69) is 10.3 Å². The second-order valence-corrected chi connectivity index (χ2v) is 9.49. The molecular formula is C20H15N3O3S2. The number of benzene rings is 3. The Hall–Kier alpha value is -2.97. The number of rotatable bonds is 3. The van der Waals surface area contributed by atoms with Gasteiger partial charge in [-0.05, 0) is 36.1 Å². The van der Waals surface area contributed by atoms with Crippen LogP contribution in [0.4, 0.5) is 10.8 Å². The number of amides is 1. The molecule has 0 spiro atoms. The molecule has 8 heteroatoms. The molecule has 0 radical (unpaired) electrons. The van der Waals surface area contributed by atoms with Gasteiger partial charge in [0.25, 0.3) is 10.0 Å². The minimum absolute atomic E-state index is 0.240. The third-order valence-electron chi connectivity index (χ3n) is 4.84. The van der Waals surface area contributed by atoms with Gasteiger partial charge in [-0.25, -0.2) is 13.4 Å². The first-order valence-electron chi connectivity index (χ1n) is 8.66. The maximum Gasteiger partial charge on any atom is 0.265 e. The number of carbonyl (C=O) groups is 1. The average Bonchev–Trinajstić information content (AvgIpc) is 3.17. The van der Waals surface area contributed by atoms with Crippen molar-refractivity contribution in [2.75, 3.05) is 16.2 Å². The van der Waals surface area contributed by atoms with E-state index >= 15 is 0 Å². The summed E-state index contributed by atoms with van der Waals surface area (Å²) in [7, 11) is -3.76. The van der Waals surface area contributed by atoms with Crippen molar-refractivity contribution < 1.29 is 13.2 Å². The van der Waals surface area contributed by atoms with Crippen molar-refractivity contribution in [2.24, 2.45) is 0 Å². The zero-order valence-electron chi connectivity index (χ0n) is 14.8. The highest BCUT2D eigenvalue weighted by atomic mass is 32.2. The van der Waals surface area contributed by atoms with E-state index < -0.39 is 15.9 Å². The van der Waals surface area contributed by atoms with Crippen LogP contribution < -0.4 is 9.62 Å². The quantitative estimate of drug-likeness (QED) is 0.556. The topological polar surface area (TPSA) is 79.4 Å². The molecule has 1 N–H and O–H groups in total. The summed E-state index contributed by atoms with van der Waals surface area (Å²) in [5, 5.41) is 4.70. The molecule has 1 amide bonds. The van der Waals surface area contributed by atoms with E-state index in [0.717, 1.165) is 21.2 Å². The highest BCUT2D eigenvalue weighted by molar-refractivity contribution is 7.93. The summed E-state index contributed by atoms with van der Waals surface area (Å²) in [6.07, 6.45) is 0. The molecule has 3 aromatic carbocycles. The Bertz CT molecular complexity index is 1370. The van der Waals surface area contributed by atoms with Gasteiger partial charge in [-0.3, -0.25) is 9.10 Å². The van der Waals surface area contributed by atoms with Crippen molar-refractivity contribution in [2.45, 2.75) is 11.8 Å². The smallest absolute Gasteiger partial charge is 0.265 e. The molecular weight excluding hydrogens is 394 g/mol. The normalized spacial score (nSPS) is 14.7. The van der Waals surface area contributed by atoms with Gasteiger partial charge >= 0.3 is 0 Å². The Balaban J connectivity index is 1.47. The SMILES string of the molecule is Cc1cccc2sc(NC(=O)CN3c4cccc5cccc(c45)S3(=O)=O)nc12. The molecule has 1 aromatic heterocycles. The van der Waals surface area contributed by atoms with Gasteiger partial charge < -0.3 is 5.32 Å². The van der Waals surface area contributed by atoms with Crippen LogP contribution in [0.2, 0.25) is 0 Å². The Morgan fingerprint density at radius 3 is 2.64 bits per heavy atom. The number of carbonyl (C=O) groups excluding carboxylic acids is 1. The number of hydrogen-bond acceptors (Lipinski definition) is 5. The third-order valence-corrected chi connectivity index (χ3v) is 7.57. The van der Waals surface area contributed by atoms with E-state index in [4.69, 9.17) is 0 Å². The Morgan fingerprint density at radius 2 is 1.86 bits per heavy atom. The number of nitrogens with one attached hydrogen (secondary N) is 1. The maximum absolute atomic E-state index is 13.0. The van der Waals surface area contributed by atoms with Crippen molar-refractivity contribution in [3.8, 4) is 0 Å². The van der Waals surface area contributed by atoms with E-state index in [1.54, 1.807) is 24.3 Å². The van der Waals surface area contributed by atoms with Gasteiger partial charge in [0.1, 0.15) is 6.54 Å². The van der Waals surface area contributed by atoms with Crippen LogP contribution in [-0.2, 0) is 14.8 Å². The molecule has 28 heavy (non-hydrogen) atoms. The van der Waals surface area contributed by atoms with Crippen molar-refractivity contribution in [1.29, 1.82) is 0 Å². The molecule has 1 aliphatic rings. The fourth-order valence-electron chi connectivity index (χ4n) is 3.56. The molecule has 0 saturated carbocycles. The second-order valence-electron chi connectivity index (χ2n) is 6.63. The Labute approximate surface area is 165 Å². The Morgan fingerprint density at radius 1 is 1.11 bits per heavy atom. The third kappa shape index (κ3) is 2.49. The van der Waals surface area contributed by atoms with E-state index in [1.165, 1.54) is 15.6 Å². The van der Waals surface area contributed by atoms with Crippen LogP contribution in [0.25, 0.3) is 21.0 Å². The summed E-state index contributed by atoms with van der Waals surface area (Å²) in [5.41, 5.74) is 2.40. The molecule has 5 rings (SSSR count). The van der Waals surface area contributed by atoms with Gasteiger partial charge in [0, 0.05) is 5.39 Å². The minimum atomic E-state index is -3.76. The van der Waals surface area contributed by atoms with Crippen LogP contribution in [0.1, 0.15) is 5.56 Å². The predicted molar refractivity (Wildman–Crippen MR) is 111 cm³/mol. The lowest BCUT2D eigenvalue weighted by Gasteiger charge is -2.17. The first-order valence-corrected chi connectivity index (χ1v) is 10.9. The summed E-state index contributed by atoms with van der Waals surface area (Å²) < 4.78 is 28.1. The van der Waals surface area contributed by atoms with Crippen molar-refractivity contribution in [3.63, 3.8) is 0 Å². The van der Waals surface area contributed by atoms with Gasteiger partial charge in [-0.2, -0.15) is 0 Å². The molecule has 0 saturated heterocycles. The molecule has 4 aromatic rings. The standard InChI is InChI=1S/C20H15N3O3S2/c1-12-5-2-9-15-19(12)22-20(27-15)21-17(24)11-23-14-8-3-6-13-7-4-10-16(18(13)14)28(23,25)26/h2-10H,11H2,1H3,(H,21,22,24). The van der Waals surface area contributed by atoms with Crippen LogP contribution in [0, 0.1) is 6.92 Å². The molecule has 1 aliphatic heterocycles. The largest absolute Gasteiger partial charge is 0.300 e. The van der Waals surface area contributed by atoms with Crippen molar-refractivity contribution >= 4 is 59.1 Å². The van der Waals surface area contributed by atoms with Crippen LogP contribution in [-0.4, -0.2) is 25.9 Å². The van der Waals surface area contributed by atoms with Gasteiger partial charge in [0.15, 0.2) is 5.13 Å². The molecule has 0 fully saturated rings. The molecule has 2 heterocycles. The number of hydrogen-bond donors (Lipinski definition) is 1. The lowest BCUT2D eigenvalue weighted by molar-refractivity contribution is -0.114. The highest BCUT2D eigenvalue weighted by Crippen LogP contribution is 2.41. The molecule has 0 atom stereocenters. The van der Waals surface area contributed by atoms with Gasteiger partial charge in [0.05, 0.1) is 20.8 Å². The van der Waals surface area contributed by atoms with Crippen LogP contribution in [0.15, 0.2) is 59.5 Å². The molecule has 140 valence electrons. The fourth-order valence-corrected chi connectivity index (χ4v) is 6.18. The molecule has 0 aliphatic carbocycles. The van der Waals surface area contributed by atoms with Gasteiger partial charge in [-0.15, -0.1) is 0 Å². The lowest BCUT2D eigenvalue weighted by atomic mass is 10.1. The number of thiazole rings is 1. The van der Waals surface area contributed by atoms with E-state index in [9.17, 15) is 13.2 Å². The average molecular weight is 409 g/mol. The summed E-state index contributed by atoms with van der Waals surface area (Å²) in [5.74, 6) is -0.426. The monoisotopic (exact) mass is 409 g/mol. The first-order chi connectivity index (χ1) is 13.4. The Kier molecular flexibility index (Phi) is 3.68. The van der Waals surface area contributed by atoms with E-state index in [-0.39, 0.29) is 11.4 Å². The number of aryl methyl sites for hydroxylation is 1. The van der Waals surface area contributed by atoms with E-state index in [0.29, 0.717) is 16.2 Å². The van der Waals surface area contributed by atoms with Crippen molar-refractivity contribution in [3.05, 3.63) is 60.2 Å². The minimum Gasteiger partial charge on any atom is -0.300 e. The first kappa shape index (κ1) is 17.2.